The van der Waals surface area contributed by atoms with Gasteiger partial charge >= 0.3 is 0 Å². The van der Waals surface area contributed by atoms with E-state index >= 15 is 0 Å². The smallest absolute Gasteiger partial charge is 0.253 e. The van der Waals surface area contributed by atoms with E-state index < -0.39 is 0 Å². The first-order chi connectivity index (χ1) is 11.8. The van der Waals surface area contributed by atoms with Gasteiger partial charge in [0.1, 0.15) is 23.2 Å². The number of aromatic amines is 1. The SMILES string of the molecule is CCn1cnnc1C1CCN(C(=O)c2ccc3n[nH]nc3c2)CC1. The fourth-order valence-electron chi connectivity index (χ4n) is 3.32. The molecule has 0 atom stereocenters. The number of carbonyl (C=O) groups excluding carboxylic acids is 1. The molecule has 24 heavy (non-hydrogen) atoms. The maximum absolute atomic E-state index is 12.7. The van der Waals surface area contributed by atoms with Crippen molar-refractivity contribution in [2.75, 3.05) is 13.1 Å². The number of nitrogens with zero attached hydrogens (tertiary/aromatic N) is 6. The molecule has 4 rings (SSSR count). The highest BCUT2D eigenvalue weighted by Gasteiger charge is 2.27. The quantitative estimate of drug-likeness (QED) is 0.789. The van der Waals surface area contributed by atoms with Crippen LogP contribution in [-0.2, 0) is 6.54 Å². The topological polar surface area (TPSA) is 92.6 Å². The minimum absolute atomic E-state index is 0.0512. The van der Waals surface area contributed by atoms with Crippen molar-refractivity contribution < 1.29 is 4.79 Å². The van der Waals surface area contributed by atoms with Crippen LogP contribution in [0.25, 0.3) is 11.0 Å². The van der Waals surface area contributed by atoms with Crippen molar-refractivity contribution in [3.8, 4) is 0 Å². The van der Waals surface area contributed by atoms with E-state index in [0.29, 0.717) is 17.0 Å². The maximum atomic E-state index is 12.7. The summed E-state index contributed by atoms with van der Waals surface area (Å²) >= 11 is 0. The van der Waals surface area contributed by atoms with Gasteiger partial charge in [-0.05, 0) is 38.0 Å². The first kappa shape index (κ1) is 14.8. The molecule has 0 spiro atoms. The molecule has 1 saturated heterocycles. The van der Waals surface area contributed by atoms with Crippen molar-refractivity contribution in [3.05, 3.63) is 35.9 Å². The molecule has 1 fully saturated rings. The summed E-state index contributed by atoms with van der Waals surface area (Å²) in [5, 5.41) is 18.9. The fraction of sp³-hybridized carbons (Fsp3) is 0.438. The Labute approximate surface area is 138 Å². The van der Waals surface area contributed by atoms with Gasteiger partial charge in [0.05, 0.1) is 0 Å². The van der Waals surface area contributed by atoms with Crippen LogP contribution in [-0.4, -0.2) is 54.1 Å². The van der Waals surface area contributed by atoms with Crippen LogP contribution in [0.4, 0.5) is 0 Å². The van der Waals surface area contributed by atoms with Gasteiger partial charge in [0.25, 0.3) is 5.91 Å². The summed E-state index contributed by atoms with van der Waals surface area (Å²) in [6.45, 7) is 4.43. The molecule has 1 N–H and O–H groups in total. The number of hydrogen-bond donors (Lipinski definition) is 1. The third-order valence-electron chi connectivity index (χ3n) is 4.70. The third kappa shape index (κ3) is 2.53. The number of aryl methyl sites for hydroxylation is 1. The van der Waals surface area contributed by atoms with Crippen molar-refractivity contribution in [1.29, 1.82) is 0 Å². The van der Waals surface area contributed by atoms with Crippen molar-refractivity contribution in [2.24, 2.45) is 0 Å². The van der Waals surface area contributed by atoms with Crippen LogP contribution in [0.3, 0.4) is 0 Å². The molecular formula is C16H19N7O. The van der Waals surface area contributed by atoms with Crippen LogP contribution in [0.5, 0.6) is 0 Å². The van der Waals surface area contributed by atoms with Crippen LogP contribution in [0.2, 0.25) is 0 Å². The first-order valence-corrected chi connectivity index (χ1v) is 8.23. The summed E-state index contributed by atoms with van der Waals surface area (Å²) in [6, 6.07) is 5.43. The maximum Gasteiger partial charge on any atom is 0.253 e. The highest BCUT2D eigenvalue weighted by Crippen LogP contribution is 2.27. The second kappa shape index (κ2) is 6.03. The Balaban J connectivity index is 1.46. The van der Waals surface area contributed by atoms with Gasteiger partial charge in [0.2, 0.25) is 0 Å². The molecule has 1 aliphatic rings. The van der Waals surface area contributed by atoms with Crippen LogP contribution in [0.1, 0.15) is 41.9 Å². The molecule has 8 nitrogen and oxygen atoms in total. The third-order valence-corrected chi connectivity index (χ3v) is 4.70. The predicted molar refractivity (Wildman–Crippen MR) is 87.5 cm³/mol. The number of fused-ring (bicyclic) bond motifs is 1. The van der Waals surface area contributed by atoms with Crippen LogP contribution in [0, 0.1) is 0 Å². The number of rotatable bonds is 3. The summed E-state index contributed by atoms with van der Waals surface area (Å²) in [5.41, 5.74) is 2.14. The lowest BCUT2D eigenvalue weighted by Crippen LogP contribution is -2.38. The van der Waals surface area contributed by atoms with Gasteiger partial charge in [-0.1, -0.05) is 0 Å². The second-order valence-corrected chi connectivity index (χ2v) is 6.07. The number of amides is 1. The standard InChI is InChI=1S/C16H19N7O/c1-2-22-10-17-20-15(22)11-5-7-23(8-6-11)16(24)12-3-4-13-14(9-12)19-21-18-13/h3-4,9-11H,2,5-8H2,1H3,(H,18,19,21). The molecule has 3 heterocycles. The van der Waals surface area contributed by atoms with Gasteiger partial charge in [0.15, 0.2) is 0 Å². The lowest BCUT2D eigenvalue weighted by atomic mass is 9.95. The molecule has 0 saturated carbocycles. The number of piperidine rings is 1. The summed E-state index contributed by atoms with van der Waals surface area (Å²) in [5.74, 6) is 1.46. The lowest BCUT2D eigenvalue weighted by Gasteiger charge is -2.31. The zero-order valence-electron chi connectivity index (χ0n) is 13.5. The zero-order valence-corrected chi connectivity index (χ0v) is 13.5. The van der Waals surface area contributed by atoms with Crippen molar-refractivity contribution in [1.82, 2.24) is 35.1 Å². The molecule has 124 valence electrons. The van der Waals surface area contributed by atoms with Gasteiger partial charge in [-0.15, -0.1) is 10.2 Å². The molecule has 1 aliphatic heterocycles. The summed E-state index contributed by atoms with van der Waals surface area (Å²) in [7, 11) is 0. The van der Waals surface area contributed by atoms with Gasteiger partial charge < -0.3 is 9.47 Å². The van der Waals surface area contributed by atoms with Gasteiger partial charge in [-0.2, -0.15) is 15.4 Å². The summed E-state index contributed by atoms with van der Waals surface area (Å²) < 4.78 is 2.08. The number of carbonyl (C=O) groups is 1. The first-order valence-electron chi connectivity index (χ1n) is 8.23. The van der Waals surface area contributed by atoms with Gasteiger partial charge in [-0.25, -0.2) is 0 Å². The monoisotopic (exact) mass is 325 g/mol. The molecule has 0 aliphatic carbocycles. The normalized spacial score (nSPS) is 16.0. The molecule has 1 aromatic carbocycles. The van der Waals surface area contributed by atoms with Crippen molar-refractivity contribution in [3.63, 3.8) is 0 Å². The van der Waals surface area contributed by atoms with E-state index in [1.807, 2.05) is 17.0 Å². The van der Waals surface area contributed by atoms with E-state index in [-0.39, 0.29) is 5.91 Å². The Morgan fingerprint density at radius 1 is 1.25 bits per heavy atom. The minimum Gasteiger partial charge on any atom is -0.339 e. The Bertz CT molecular complexity index is 860. The largest absolute Gasteiger partial charge is 0.339 e. The number of nitrogens with one attached hydrogen (secondary N) is 1. The number of H-pyrrole nitrogens is 1. The number of likely N-dealkylation sites (tertiary alicyclic amines) is 1. The Morgan fingerprint density at radius 2 is 2.04 bits per heavy atom. The van der Waals surface area contributed by atoms with Gasteiger partial charge in [0, 0.05) is 31.1 Å². The Morgan fingerprint density at radius 3 is 2.83 bits per heavy atom. The van der Waals surface area contributed by atoms with E-state index in [2.05, 4.69) is 37.1 Å². The number of hydrogen-bond acceptors (Lipinski definition) is 5. The molecule has 0 radical (unpaired) electrons. The fourth-order valence-corrected chi connectivity index (χ4v) is 3.32. The molecule has 8 heteroatoms. The molecule has 2 aromatic heterocycles. The molecule has 3 aromatic rings. The van der Waals surface area contributed by atoms with E-state index in [4.69, 9.17) is 0 Å². The van der Waals surface area contributed by atoms with E-state index in [9.17, 15) is 4.79 Å². The minimum atomic E-state index is 0.0512. The van der Waals surface area contributed by atoms with E-state index in [0.717, 1.165) is 43.8 Å². The molecule has 0 bridgehead atoms. The highest BCUT2D eigenvalue weighted by atomic mass is 16.2. The lowest BCUT2D eigenvalue weighted by molar-refractivity contribution is 0.0710. The van der Waals surface area contributed by atoms with Crippen LogP contribution in [0.15, 0.2) is 24.5 Å². The van der Waals surface area contributed by atoms with Crippen LogP contribution >= 0.6 is 0 Å². The predicted octanol–water partition coefficient (Wildman–Crippen LogP) is 1.59. The average molecular weight is 325 g/mol. The van der Waals surface area contributed by atoms with Crippen molar-refractivity contribution >= 4 is 16.9 Å². The molecular weight excluding hydrogens is 306 g/mol. The zero-order chi connectivity index (χ0) is 16.5. The highest BCUT2D eigenvalue weighted by molar-refractivity contribution is 5.97. The Hall–Kier alpha value is -2.77. The van der Waals surface area contributed by atoms with Crippen LogP contribution < -0.4 is 0 Å². The second-order valence-electron chi connectivity index (χ2n) is 6.07. The van der Waals surface area contributed by atoms with E-state index in [1.165, 1.54) is 0 Å². The van der Waals surface area contributed by atoms with Gasteiger partial charge in [-0.3, -0.25) is 4.79 Å². The summed E-state index contributed by atoms with van der Waals surface area (Å²) in [4.78, 5) is 14.6. The van der Waals surface area contributed by atoms with E-state index in [1.54, 1.807) is 12.4 Å². The Kier molecular flexibility index (Phi) is 3.72. The summed E-state index contributed by atoms with van der Waals surface area (Å²) in [6.07, 6.45) is 3.60. The number of benzene rings is 1. The molecule has 0 unspecified atom stereocenters. The molecule has 1 amide bonds. The average Bonchev–Trinajstić information content (AvgIpc) is 3.29. The van der Waals surface area contributed by atoms with Crippen molar-refractivity contribution in [2.45, 2.75) is 32.2 Å². The number of aromatic nitrogens is 6.